The van der Waals surface area contributed by atoms with Crippen molar-refractivity contribution < 1.29 is 14.7 Å². The van der Waals surface area contributed by atoms with Crippen LogP contribution < -0.4 is 5.73 Å². The van der Waals surface area contributed by atoms with Gasteiger partial charge in [0, 0.05) is 19.5 Å². The van der Waals surface area contributed by atoms with E-state index in [1.165, 1.54) is 5.57 Å². The summed E-state index contributed by atoms with van der Waals surface area (Å²) in [5, 5.41) is 8.50. The lowest BCUT2D eigenvalue weighted by Crippen LogP contribution is -2.45. The third-order valence-corrected chi connectivity index (χ3v) is 2.73. The van der Waals surface area contributed by atoms with Crippen molar-refractivity contribution in [2.75, 3.05) is 13.1 Å². The number of carboxylic acid groups (broad SMARTS) is 1. The molecule has 0 fully saturated rings. The fourth-order valence-electron chi connectivity index (χ4n) is 1.61. The van der Waals surface area contributed by atoms with Crippen molar-refractivity contribution in [3.05, 3.63) is 11.6 Å². The second kappa shape index (κ2) is 5.65. The number of carbonyl (C=O) groups is 2. The Balaban J connectivity index is 2.42. The van der Waals surface area contributed by atoms with Gasteiger partial charge in [0.2, 0.25) is 5.91 Å². The van der Waals surface area contributed by atoms with Crippen LogP contribution in [0.2, 0.25) is 0 Å². The average Bonchev–Trinajstić information content (AvgIpc) is 2.26. The maximum atomic E-state index is 11.8. The van der Waals surface area contributed by atoms with E-state index in [0.717, 1.165) is 6.42 Å². The summed E-state index contributed by atoms with van der Waals surface area (Å²) in [5.74, 6) is -1.07. The minimum Gasteiger partial charge on any atom is -0.481 e. The quantitative estimate of drug-likeness (QED) is 0.678. The normalized spacial score (nSPS) is 17.9. The van der Waals surface area contributed by atoms with Gasteiger partial charge in [-0.15, -0.1) is 0 Å². The standard InChI is InChI=1S/C11H18N2O3/c1-8-4-6-13(7-5-8)11(16)9(12)2-3-10(14)15/h4,9H,2-3,5-7,12H2,1H3,(H,14,15). The first kappa shape index (κ1) is 12.7. The monoisotopic (exact) mass is 226 g/mol. The molecule has 0 aliphatic carbocycles. The number of hydrogen-bond acceptors (Lipinski definition) is 3. The Labute approximate surface area is 94.9 Å². The van der Waals surface area contributed by atoms with Crippen LogP contribution in [-0.4, -0.2) is 41.0 Å². The number of carbonyl (C=O) groups excluding carboxylic acids is 1. The van der Waals surface area contributed by atoms with Gasteiger partial charge < -0.3 is 15.7 Å². The minimum atomic E-state index is -0.919. The Bertz CT molecular complexity index is 312. The molecule has 1 aliphatic rings. The van der Waals surface area contributed by atoms with Crippen LogP contribution in [0.25, 0.3) is 0 Å². The van der Waals surface area contributed by atoms with Crippen LogP contribution in [0.15, 0.2) is 11.6 Å². The number of nitrogens with two attached hydrogens (primary N) is 1. The maximum Gasteiger partial charge on any atom is 0.303 e. The Kier molecular flexibility index (Phi) is 4.49. The van der Waals surface area contributed by atoms with E-state index in [1.807, 2.05) is 13.0 Å². The topological polar surface area (TPSA) is 83.6 Å². The minimum absolute atomic E-state index is 0.0599. The van der Waals surface area contributed by atoms with Crippen molar-refractivity contribution in [1.29, 1.82) is 0 Å². The molecular formula is C11H18N2O3. The first-order valence-electron chi connectivity index (χ1n) is 5.42. The van der Waals surface area contributed by atoms with Crippen LogP contribution in [-0.2, 0) is 9.59 Å². The highest BCUT2D eigenvalue weighted by Crippen LogP contribution is 2.11. The second-order valence-corrected chi connectivity index (χ2v) is 4.12. The highest BCUT2D eigenvalue weighted by molar-refractivity contribution is 5.82. The lowest BCUT2D eigenvalue weighted by Gasteiger charge is -2.27. The Morgan fingerprint density at radius 1 is 1.62 bits per heavy atom. The van der Waals surface area contributed by atoms with Crippen LogP contribution in [0, 0.1) is 0 Å². The average molecular weight is 226 g/mol. The molecule has 1 rings (SSSR count). The van der Waals surface area contributed by atoms with Gasteiger partial charge in [0.1, 0.15) is 0 Å². The van der Waals surface area contributed by atoms with Gasteiger partial charge >= 0.3 is 5.97 Å². The van der Waals surface area contributed by atoms with Crippen molar-refractivity contribution in [2.45, 2.75) is 32.2 Å². The van der Waals surface area contributed by atoms with E-state index in [-0.39, 0.29) is 18.7 Å². The maximum absolute atomic E-state index is 11.8. The number of hydrogen-bond donors (Lipinski definition) is 2. The summed E-state index contributed by atoms with van der Waals surface area (Å²) in [7, 11) is 0. The summed E-state index contributed by atoms with van der Waals surface area (Å²) in [6.45, 7) is 3.31. The van der Waals surface area contributed by atoms with Gasteiger partial charge in [-0.1, -0.05) is 11.6 Å². The van der Waals surface area contributed by atoms with Gasteiger partial charge in [0.15, 0.2) is 0 Å². The molecule has 1 aliphatic heterocycles. The van der Waals surface area contributed by atoms with Gasteiger partial charge in [-0.2, -0.15) is 0 Å². The van der Waals surface area contributed by atoms with Gasteiger partial charge in [-0.25, -0.2) is 0 Å². The highest BCUT2D eigenvalue weighted by Gasteiger charge is 2.22. The number of carboxylic acids is 1. The SMILES string of the molecule is CC1=CCN(C(=O)C(N)CCC(=O)O)CC1. The number of amides is 1. The summed E-state index contributed by atoms with van der Waals surface area (Å²) >= 11 is 0. The Morgan fingerprint density at radius 3 is 2.81 bits per heavy atom. The van der Waals surface area contributed by atoms with E-state index in [4.69, 9.17) is 10.8 Å². The fraction of sp³-hybridized carbons (Fsp3) is 0.636. The third kappa shape index (κ3) is 3.66. The molecule has 5 nitrogen and oxygen atoms in total. The van der Waals surface area contributed by atoms with Crippen molar-refractivity contribution in [1.82, 2.24) is 4.90 Å². The molecule has 1 heterocycles. The first-order valence-corrected chi connectivity index (χ1v) is 5.42. The summed E-state index contributed by atoms with van der Waals surface area (Å²) in [6, 6.07) is -0.692. The largest absolute Gasteiger partial charge is 0.481 e. The zero-order chi connectivity index (χ0) is 12.1. The zero-order valence-corrected chi connectivity index (χ0v) is 9.48. The van der Waals surface area contributed by atoms with Crippen LogP contribution in [0.3, 0.4) is 0 Å². The zero-order valence-electron chi connectivity index (χ0n) is 9.48. The molecule has 0 bridgehead atoms. The lowest BCUT2D eigenvalue weighted by molar-refractivity contribution is -0.137. The summed E-state index contributed by atoms with van der Waals surface area (Å²) in [6.07, 6.45) is 3.02. The third-order valence-electron chi connectivity index (χ3n) is 2.73. The lowest BCUT2D eigenvalue weighted by atomic mass is 10.1. The molecule has 1 amide bonds. The molecule has 0 aromatic carbocycles. The fourth-order valence-corrected chi connectivity index (χ4v) is 1.61. The molecule has 0 saturated heterocycles. The van der Waals surface area contributed by atoms with Crippen LogP contribution >= 0.6 is 0 Å². The van der Waals surface area contributed by atoms with E-state index >= 15 is 0 Å². The molecule has 5 heteroatoms. The van der Waals surface area contributed by atoms with E-state index in [9.17, 15) is 9.59 Å². The molecule has 0 spiro atoms. The molecule has 3 N–H and O–H groups in total. The molecule has 1 unspecified atom stereocenters. The molecular weight excluding hydrogens is 208 g/mol. The summed E-state index contributed by atoms with van der Waals surface area (Å²) in [4.78, 5) is 23.8. The van der Waals surface area contributed by atoms with Crippen LogP contribution in [0.5, 0.6) is 0 Å². The summed E-state index contributed by atoms with van der Waals surface area (Å²) < 4.78 is 0. The molecule has 1 atom stereocenters. The smallest absolute Gasteiger partial charge is 0.303 e. The highest BCUT2D eigenvalue weighted by atomic mass is 16.4. The first-order chi connectivity index (χ1) is 7.50. The number of nitrogens with zero attached hydrogens (tertiary/aromatic N) is 1. The van der Waals surface area contributed by atoms with E-state index < -0.39 is 12.0 Å². The van der Waals surface area contributed by atoms with E-state index in [0.29, 0.717) is 13.1 Å². The number of aliphatic carboxylic acids is 1. The predicted molar refractivity (Wildman–Crippen MR) is 59.8 cm³/mol. The van der Waals surface area contributed by atoms with E-state index in [1.54, 1.807) is 4.90 Å². The Hall–Kier alpha value is -1.36. The van der Waals surface area contributed by atoms with Crippen molar-refractivity contribution in [3.8, 4) is 0 Å². The predicted octanol–water partition coefficient (Wildman–Crippen LogP) is 0.357. The van der Waals surface area contributed by atoms with Crippen molar-refractivity contribution >= 4 is 11.9 Å². The van der Waals surface area contributed by atoms with Gasteiger partial charge in [-0.3, -0.25) is 9.59 Å². The molecule has 0 aromatic rings. The van der Waals surface area contributed by atoms with E-state index in [2.05, 4.69) is 0 Å². The molecule has 16 heavy (non-hydrogen) atoms. The van der Waals surface area contributed by atoms with Gasteiger partial charge in [0.25, 0.3) is 0 Å². The summed E-state index contributed by atoms with van der Waals surface area (Å²) in [5.41, 5.74) is 6.94. The van der Waals surface area contributed by atoms with Crippen molar-refractivity contribution in [3.63, 3.8) is 0 Å². The molecule has 90 valence electrons. The van der Waals surface area contributed by atoms with Crippen molar-refractivity contribution in [2.24, 2.45) is 5.73 Å². The van der Waals surface area contributed by atoms with Crippen LogP contribution in [0.1, 0.15) is 26.2 Å². The van der Waals surface area contributed by atoms with Gasteiger partial charge in [0.05, 0.1) is 6.04 Å². The number of rotatable bonds is 4. The van der Waals surface area contributed by atoms with Crippen LogP contribution in [0.4, 0.5) is 0 Å². The second-order valence-electron chi connectivity index (χ2n) is 4.12. The molecule has 0 aromatic heterocycles. The Morgan fingerprint density at radius 2 is 2.31 bits per heavy atom. The molecule has 0 saturated carbocycles. The van der Waals surface area contributed by atoms with Gasteiger partial charge in [-0.05, 0) is 19.8 Å². The molecule has 0 radical (unpaired) electrons.